The summed E-state index contributed by atoms with van der Waals surface area (Å²) in [6, 6.07) is 5.81. The van der Waals surface area contributed by atoms with E-state index in [1.165, 1.54) is 0 Å². The van der Waals surface area contributed by atoms with E-state index in [0.717, 1.165) is 42.5 Å². The molecule has 0 spiro atoms. The van der Waals surface area contributed by atoms with E-state index in [-0.39, 0.29) is 11.8 Å². The lowest BCUT2D eigenvalue weighted by Crippen LogP contribution is -2.49. The quantitative estimate of drug-likeness (QED) is 0.811. The van der Waals surface area contributed by atoms with E-state index in [4.69, 9.17) is 0 Å². The van der Waals surface area contributed by atoms with Gasteiger partial charge in [-0.3, -0.25) is 9.59 Å². The Morgan fingerprint density at radius 1 is 1.15 bits per heavy atom. The van der Waals surface area contributed by atoms with Crippen molar-refractivity contribution in [2.45, 2.75) is 54.0 Å². The van der Waals surface area contributed by atoms with E-state index in [1.807, 2.05) is 68.6 Å². The van der Waals surface area contributed by atoms with Gasteiger partial charge in [0.1, 0.15) is 10.9 Å². The van der Waals surface area contributed by atoms with Gasteiger partial charge in [0.2, 0.25) is 18.0 Å². The third-order valence-electron chi connectivity index (χ3n) is 5.09. The minimum atomic E-state index is -0.473. The Labute approximate surface area is 160 Å². The third kappa shape index (κ3) is 4.31. The standard InChI is InChI=1S/C21H30N4O2/c1-20(2,3)18(26)22-16-8-9-17-15(12-16)13-25(23-17)14-21(4,5)19(27)24-10-6-7-11-24/h8-9,12-13H,6-7,10-11,14H2,1-5H3,(H,22,26)/p+1. The molecule has 3 rings (SSSR count). The summed E-state index contributed by atoms with van der Waals surface area (Å²) in [6.07, 6.45) is 4.20. The number of hydrogen-bond acceptors (Lipinski definition) is 2. The van der Waals surface area contributed by atoms with Gasteiger partial charge in [0.05, 0.1) is 5.39 Å². The minimum absolute atomic E-state index is 0.0115. The van der Waals surface area contributed by atoms with Gasteiger partial charge >= 0.3 is 0 Å². The minimum Gasteiger partial charge on any atom is -0.342 e. The summed E-state index contributed by atoms with van der Waals surface area (Å²) in [5.74, 6) is 0.201. The van der Waals surface area contributed by atoms with Gasteiger partial charge in [-0.1, -0.05) is 20.8 Å². The van der Waals surface area contributed by atoms with Crippen LogP contribution in [0.2, 0.25) is 0 Å². The van der Waals surface area contributed by atoms with E-state index in [0.29, 0.717) is 6.54 Å². The van der Waals surface area contributed by atoms with Gasteiger partial charge in [-0.15, -0.1) is 4.68 Å². The summed E-state index contributed by atoms with van der Waals surface area (Å²) in [7, 11) is 0. The predicted molar refractivity (Wildman–Crippen MR) is 106 cm³/mol. The molecular formula is C21H31N4O2+. The lowest BCUT2D eigenvalue weighted by molar-refractivity contribution is -0.756. The summed E-state index contributed by atoms with van der Waals surface area (Å²) in [6.45, 7) is 12.0. The van der Waals surface area contributed by atoms with Crippen LogP contribution in [0.15, 0.2) is 24.4 Å². The Morgan fingerprint density at radius 3 is 2.44 bits per heavy atom. The number of carbonyl (C=O) groups is 2. The summed E-state index contributed by atoms with van der Waals surface area (Å²) < 4.78 is 1.97. The summed E-state index contributed by atoms with van der Waals surface area (Å²) in [5, 5.41) is 7.31. The molecule has 146 valence electrons. The van der Waals surface area contributed by atoms with Crippen molar-refractivity contribution in [3.8, 4) is 0 Å². The molecule has 1 aromatic carbocycles. The van der Waals surface area contributed by atoms with Crippen LogP contribution in [0, 0.1) is 10.8 Å². The molecule has 1 fully saturated rings. The molecule has 0 atom stereocenters. The Morgan fingerprint density at radius 2 is 1.81 bits per heavy atom. The number of benzene rings is 1. The first kappa shape index (κ1) is 19.4. The van der Waals surface area contributed by atoms with Crippen LogP contribution in [-0.4, -0.2) is 34.9 Å². The zero-order valence-corrected chi connectivity index (χ0v) is 17.1. The summed E-state index contributed by atoms with van der Waals surface area (Å²) in [5.41, 5.74) is 0.848. The van der Waals surface area contributed by atoms with E-state index in [9.17, 15) is 9.59 Å². The van der Waals surface area contributed by atoms with E-state index < -0.39 is 10.8 Å². The van der Waals surface area contributed by atoms with Crippen molar-refractivity contribution < 1.29 is 14.3 Å². The molecule has 0 radical (unpaired) electrons. The molecule has 1 aliphatic rings. The molecule has 0 saturated carbocycles. The maximum Gasteiger partial charge on any atom is 0.234 e. The second-order valence-corrected chi connectivity index (χ2v) is 9.26. The molecule has 2 aromatic rings. The van der Waals surface area contributed by atoms with Gasteiger partial charge in [0, 0.05) is 24.2 Å². The largest absolute Gasteiger partial charge is 0.342 e. The molecule has 2 N–H and O–H groups in total. The Kier molecular flexibility index (Phi) is 5.02. The van der Waals surface area contributed by atoms with E-state index in [2.05, 4.69) is 10.4 Å². The zero-order chi connectivity index (χ0) is 19.8. The van der Waals surface area contributed by atoms with Crippen LogP contribution in [0.5, 0.6) is 0 Å². The topological polar surface area (TPSA) is 69.1 Å². The maximum absolute atomic E-state index is 12.8. The fourth-order valence-electron chi connectivity index (χ4n) is 3.45. The molecule has 0 bridgehead atoms. The molecule has 6 nitrogen and oxygen atoms in total. The zero-order valence-electron chi connectivity index (χ0n) is 17.1. The second kappa shape index (κ2) is 6.98. The summed E-state index contributed by atoms with van der Waals surface area (Å²) >= 11 is 0. The fraction of sp³-hybridized carbons (Fsp3) is 0.571. The molecule has 0 aliphatic carbocycles. The molecule has 0 unspecified atom stereocenters. The lowest BCUT2D eigenvalue weighted by atomic mass is 9.91. The number of aromatic amines is 1. The number of rotatable bonds is 4. The van der Waals surface area contributed by atoms with Crippen molar-refractivity contribution in [2.24, 2.45) is 10.8 Å². The van der Waals surface area contributed by atoms with Crippen LogP contribution >= 0.6 is 0 Å². The first-order chi connectivity index (χ1) is 12.6. The van der Waals surface area contributed by atoms with Crippen molar-refractivity contribution in [1.82, 2.24) is 10.00 Å². The number of hydrogen-bond donors (Lipinski definition) is 2. The Hall–Kier alpha value is -2.37. The van der Waals surface area contributed by atoms with Crippen molar-refractivity contribution in [3.05, 3.63) is 24.4 Å². The van der Waals surface area contributed by atoms with Crippen LogP contribution in [0.3, 0.4) is 0 Å². The van der Waals surface area contributed by atoms with Crippen LogP contribution < -0.4 is 10.00 Å². The number of H-pyrrole nitrogens is 1. The molecule has 6 heteroatoms. The van der Waals surface area contributed by atoms with Gasteiger partial charge in [0.25, 0.3) is 0 Å². The fourth-order valence-corrected chi connectivity index (χ4v) is 3.45. The number of carbonyl (C=O) groups excluding carboxylic acids is 2. The monoisotopic (exact) mass is 371 g/mol. The lowest BCUT2D eigenvalue weighted by Gasteiger charge is -2.25. The Bertz CT molecular complexity index is 855. The van der Waals surface area contributed by atoms with Gasteiger partial charge in [0.15, 0.2) is 6.54 Å². The molecule has 27 heavy (non-hydrogen) atoms. The van der Waals surface area contributed by atoms with E-state index >= 15 is 0 Å². The van der Waals surface area contributed by atoms with Gasteiger partial charge < -0.3 is 10.2 Å². The van der Waals surface area contributed by atoms with Crippen LogP contribution in [0.4, 0.5) is 5.69 Å². The highest BCUT2D eigenvalue weighted by Crippen LogP contribution is 2.24. The highest BCUT2D eigenvalue weighted by atomic mass is 16.2. The first-order valence-corrected chi connectivity index (χ1v) is 9.69. The Balaban J connectivity index is 1.76. The van der Waals surface area contributed by atoms with Gasteiger partial charge in [-0.05, 0) is 44.9 Å². The predicted octanol–water partition coefficient (Wildman–Crippen LogP) is 3.09. The number of nitrogens with one attached hydrogen (secondary N) is 2. The van der Waals surface area contributed by atoms with Crippen molar-refractivity contribution in [1.29, 1.82) is 0 Å². The molecule has 1 aromatic heterocycles. The van der Waals surface area contributed by atoms with Crippen molar-refractivity contribution in [3.63, 3.8) is 0 Å². The van der Waals surface area contributed by atoms with Crippen molar-refractivity contribution >= 4 is 28.4 Å². The maximum atomic E-state index is 12.8. The average molecular weight is 372 g/mol. The summed E-state index contributed by atoms with van der Waals surface area (Å²) in [4.78, 5) is 27.0. The van der Waals surface area contributed by atoms with Gasteiger partial charge in [-0.2, -0.15) is 5.10 Å². The third-order valence-corrected chi connectivity index (χ3v) is 5.09. The second-order valence-electron chi connectivity index (χ2n) is 9.26. The number of aromatic nitrogens is 2. The van der Waals surface area contributed by atoms with E-state index in [1.54, 1.807) is 0 Å². The number of fused-ring (bicyclic) bond motifs is 1. The van der Waals surface area contributed by atoms with Crippen LogP contribution in [-0.2, 0) is 16.1 Å². The highest BCUT2D eigenvalue weighted by molar-refractivity contribution is 5.96. The average Bonchev–Trinajstić information content (AvgIpc) is 3.21. The smallest absolute Gasteiger partial charge is 0.234 e. The molecular weight excluding hydrogens is 340 g/mol. The molecule has 2 amide bonds. The molecule has 2 heterocycles. The van der Waals surface area contributed by atoms with Crippen LogP contribution in [0.1, 0.15) is 47.5 Å². The number of nitrogens with zero attached hydrogens (tertiary/aromatic N) is 2. The van der Waals surface area contributed by atoms with Gasteiger partial charge in [-0.25, -0.2) is 0 Å². The van der Waals surface area contributed by atoms with Crippen LogP contribution in [0.25, 0.3) is 10.9 Å². The number of likely N-dealkylation sites (tertiary alicyclic amines) is 1. The first-order valence-electron chi connectivity index (χ1n) is 9.69. The molecule has 1 aliphatic heterocycles. The number of anilines is 1. The van der Waals surface area contributed by atoms with Crippen molar-refractivity contribution in [2.75, 3.05) is 18.4 Å². The highest BCUT2D eigenvalue weighted by Gasteiger charge is 2.37. The normalized spacial score (nSPS) is 15.4. The number of amides is 2. The SMILES string of the molecule is CC(C)(C)C(=O)Nc1ccc2[nH][n+](CC(C)(C)C(=O)N3CCCC3)cc2c1. The molecule has 1 saturated heterocycles.